The van der Waals surface area contributed by atoms with Crippen molar-refractivity contribution in [3.8, 4) is 5.75 Å². The van der Waals surface area contributed by atoms with Gasteiger partial charge in [0.25, 0.3) is 0 Å². The van der Waals surface area contributed by atoms with E-state index in [0.29, 0.717) is 0 Å². The largest absolute Gasteiger partial charge is 0.496 e. The topological polar surface area (TPSA) is 33.3 Å². The van der Waals surface area contributed by atoms with Gasteiger partial charge in [-0.1, -0.05) is 6.07 Å². The molecule has 0 heterocycles. The molecule has 19 heavy (non-hydrogen) atoms. The van der Waals surface area contributed by atoms with Gasteiger partial charge < -0.3 is 15.4 Å². The summed E-state index contributed by atoms with van der Waals surface area (Å²) in [4.78, 5) is 0. The van der Waals surface area contributed by atoms with Gasteiger partial charge in [-0.25, -0.2) is 0 Å². The van der Waals surface area contributed by atoms with Crippen molar-refractivity contribution in [2.45, 2.75) is 33.6 Å². The van der Waals surface area contributed by atoms with Crippen molar-refractivity contribution in [2.24, 2.45) is 0 Å². The number of hydrogen-bond donors (Lipinski definition) is 2. The maximum atomic E-state index is 5.60. The third-order valence-corrected chi connectivity index (χ3v) is 3.65. The summed E-state index contributed by atoms with van der Waals surface area (Å²) in [7, 11) is 3.76. The van der Waals surface area contributed by atoms with E-state index in [1.54, 1.807) is 7.11 Å². The predicted molar refractivity (Wildman–Crippen MR) is 82.3 cm³/mol. The molecular formula is C16H28N2O. The van der Waals surface area contributed by atoms with Gasteiger partial charge >= 0.3 is 0 Å². The minimum atomic E-state index is 1.00. The first-order chi connectivity index (χ1) is 9.11. The van der Waals surface area contributed by atoms with Crippen LogP contribution >= 0.6 is 0 Å². The third kappa shape index (κ3) is 4.51. The molecule has 0 aliphatic rings. The Labute approximate surface area is 117 Å². The van der Waals surface area contributed by atoms with E-state index >= 15 is 0 Å². The number of ether oxygens (including phenoxy) is 1. The first kappa shape index (κ1) is 16.0. The van der Waals surface area contributed by atoms with Gasteiger partial charge in [0.15, 0.2) is 0 Å². The van der Waals surface area contributed by atoms with Crippen molar-refractivity contribution in [2.75, 3.05) is 33.8 Å². The second kappa shape index (κ2) is 8.18. The van der Waals surface area contributed by atoms with E-state index in [4.69, 9.17) is 4.74 Å². The molecule has 0 saturated carbocycles. The van der Waals surface area contributed by atoms with Crippen LogP contribution in [-0.4, -0.2) is 33.8 Å². The molecule has 1 rings (SSSR count). The lowest BCUT2D eigenvalue weighted by Crippen LogP contribution is -2.22. The van der Waals surface area contributed by atoms with Gasteiger partial charge in [-0.05, 0) is 82.5 Å². The van der Waals surface area contributed by atoms with Gasteiger partial charge in [-0.3, -0.25) is 0 Å². The van der Waals surface area contributed by atoms with Crippen LogP contribution in [0.3, 0.4) is 0 Å². The average molecular weight is 264 g/mol. The van der Waals surface area contributed by atoms with Crippen molar-refractivity contribution in [1.29, 1.82) is 0 Å². The van der Waals surface area contributed by atoms with Crippen molar-refractivity contribution < 1.29 is 4.74 Å². The smallest absolute Gasteiger partial charge is 0.125 e. The lowest BCUT2D eigenvalue weighted by molar-refractivity contribution is 0.405. The zero-order valence-electron chi connectivity index (χ0n) is 13.0. The van der Waals surface area contributed by atoms with E-state index in [9.17, 15) is 0 Å². The van der Waals surface area contributed by atoms with Gasteiger partial charge in [0.1, 0.15) is 5.75 Å². The summed E-state index contributed by atoms with van der Waals surface area (Å²) in [5, 5.41) is 6.64. The average Bonchev–Trinajstić information content (AvgIpc) is 2.39. The summed E-state index contributed by atoms with van der Waals surface area (Å²) in [5.41, 5.74) is 5.24. The molecule has 1 aromatic carbocycles. The highest BCUT2D eigenvalue weighted by Gasteiger charge is 2.11. The van der Waals surface area contributed by atoms with E-state index in [0.717, 1.165) is 31.8 Å². The Bertz CT molecular complexity index is 402. The molecule has 3 nitrogen and oxygen atoms in total. The molecule has 0 atom stereocenters. The monoisotopic (exact) mass is 264 g/mol. The van der Waals surface area contributed by atoms with Gasteiger partial charge in [0, 0.05) is 0 Å². The van der Waals surface area contributed by atoms with Crippen LogP contribution < -0.4 is 15.4 Å². The van der Waals surface area contributed by atoms with Crippen molar-refractivity contribution in [3.05, 3.63) is 28.3 Å². The number of aryl methyl sites for hydroxylation is 2. The number of benzene rings is 1. The minimum absolute atomic E-state index is 1.00. The van der Waals surface area contributed by atoms with Crippen LogP contribution in [0.5, 0.6) is 5.75 Å². The molecule has 108 valence electrons. The molecule has 0 amide bonds. The second-order valence-electron chi connectivity index (χ2n) is 5.10. The second-order valence-corrected chi connectivity index (χ2v) is 5.10. The molecule has 0 unspecified atom stereocenters. The Balaban J connectivity index is 2.60. The van der Waals surface area contributed by atoms with Gasteiger partial charge in [-0.2, -0.15) is 0 Å². The molecule has 0 saturated heterocycles. The van der Waals surface area contributed by atoms with Crippen molar-refractivity contribution >= 4 is 0 Å². The van der Waals surface area contributed by atoms with Crippen LogP contribution in [0.2, 0.25) is 0 Å². The summed E-state index contributed by atoms with van der Waals surface area (Å²) < 4.78 is 5.60. The molecular weight excluding hydrogens is 236 g/mol. The van der Waals surface area contributed by atoms with Crippen LogP contribution in [-0.2, 0) is 6.42 Å². The van der Waals surface area contributed by atoms with Crippen LogP contribution in [0, 0.1) is 20.8 Å². The molecule has 2 N–H and O–H groups in total. The highest BCUT2D eigenvalue weighted by Crippen LogP contribution is 2.29. The van der Waals surface area contributed by atoms with Crippen LogP contribution in [0.1, 0.15) is 28.7 Å². The number of rotatable bonds is 8. The van der Waals surface area contributed by atoms with Crippen molar-refractivity contribution in [1.82, 2.24) is 10.6 Å². The van der Waals surface area contributed by atoms with Gasteiger partial charge in [0.05, 0.1) is 7.11 Å². The highest BCUT2D eigenvalue weighted by atomic mass is 16.5. The lowest BCUT2D eigenvalue weighted by Gasteiger charge is -2.17. The maximum absolute atomic E-state index is 5.60. The fourth-order valence-electron chi connectivity index (χ4n) is 2.42. The molecule has 0 radical (unpaired) electrons. The van der Waals surface area contributed by atoms with Crippen molar-refractivity contribution in [3.63, 3.8) is 0 Å². The first-order valence-electron chi connectivity index (χ1n) is 7.10. The summed E-state index contributed by atoms with van der Waals surface area (Å²) >= 11 is 0. The Kier molecular flexibility index (Phi) is 6.89. The molecule has 0 aromatic heterocycles. The quantitative estimate of drug-likeness (QED) is 0.707. The minimum Gasteiger partial charge on any atom is -0.496 e. The van der Waals surface area contributed by atoms with E-state index in [1.807, 2.05) is 7.05 Å². The zero-order chi connectivity index (χ0) is 14.3. The lowest BCUT2D eigenvalue weighted by atomic mass is 9.97. The molecule has 1 aromatic rings. The molecule has 0 aliphatic heterocycles. The summed E-state index contributed by atoms with van der Waals surface area (Å²) in [5.74, 6) is 1.06. The SMILES string of the molecule is CNCCCNCCc1c(C)cc(C)c(C)c1OC. The summed E-state index contributed by atoms with van der Waals surface area (Å²) in [6.45, 7) is 9.59. The fraction of sp³-hybridized carbons (Fsp3) is 0.625. The van der Waals surface area contributed by atoms with E-state index in [2.05, 4.69) is 37.5 Å². The summed E-state index contributed by atoms with van der Waals surface area (Å²) in [6, 6.07) is 2.26. The zero-order valence-corrected chi connectivity index (χ0v) is 13.0. The Morgan fingerprint density at radius 3 is 2.42 bits per heavy atom. The number of nitrogens with one attached hydrogen (secondary N) is 2. The molecule has 3 heteroatoms. The number of methoxy groups -OCH3 is 1. The highest BCUT2D eigenvalue weighted by molar-refractivity contribution is 5.49. The van der Waals surface area contributed by atoms with E-state index in [1.165, 1.54) is 28.7 Å². The van der Waals surface area contributed by atoms with Gasteiger partial charge in [0.2, 0.25) is 0 Å². The normalized spacial score (nSPS) is 10.8. The molecule has 0 fully saturated rings. The third-order valence-electron chi connectivity index (χ3n) is 3.65. The first-order valence-corrected chi connectivity index (χ1v) is 7.10. The van der Waals surface area contributed by atoms with Crippen LogP contribution in [0.25, 0.3) is 0 Å². The van der Waals surface area contributed by atoms with Crippen LogP contribution in [0.4, 0.5) is 0 Å². The van der Waals surface area contributed by atoms with Crippen LogP contribution in [0.15, 0.2) is 6.07 Å². The Hall–Kier alpha value is -1.06. The molecule has 0 aliphatic carbocycles. The molecule has 0 bridgehead atoms. The van der Waals surface area contributed by atoms with Gasteiger partial charge in [-0.15, -0.1) is 0 Å². The standard InChI is InChI=1S/C16H28N2O/c1-12-11-13(2)15(16(19-5)14(12)3)7-10-18-9-6-8-17-4/h11,17-18H,6-10H2,1-5H3. The number of hydrogen-bond acceptors (Lipinski definition) is 3. The molecule has 0 spiro atoms. The summed E-state index contributed by atoms with van der Waals surface area (Å²) in [6.07, 6.45) is 2.19. The van der Waals surface area contributed by atoms with E-state index in [-0.39, 0.29) is 0 Å². The maximum Gasteiger partial charge on any atom is 0.125 e. The fourth-order valence-corrected chi connectivity index (χ4v) is 2.42. The predicted octanol–water partition coefficient (Wildman–Crippen LogP) is 2.36. The Morgan fingerprint density at radius 1 is 1.05 bits per heavy atom. The van der Waals surface area contributed by atoms with E-state index < -0.39 is 0 Å². The Morgan fingerprint density at radius 2 is 1.79 bits per heavy atom.